The molecule has 0 fully saturated rings. The van der Waals surface area contributed by atoms with E-state index in [1.165, 1.54) is 0 Å². The largest absolute Gasteiger partial charge is 0.491 e. The van der Waals surface area contributed by atoms with Crippen molar-refractivity contribution in [3.05, 3.63) is 24.3 Å². The second-order valence-corrected chi connectivity index (χ2v) is 4.62. The van der Waals surface area contributed by atoms with Crippen molar-refractivity contribution in [3.8, 4) is 5.75 Å². The van der Waals surface area contributed by atoms with Gasteiger partial charge in [0.15, 0.2) is 0 Å². The van der Waals surface area contributed by atoms with Gasteiger partial charge >= 0.3 is 0 Å². The first kappa shape index (κ1) is 12.9. The predicted molar refractivity (Wildman–Crippen MR) is 71.8 cm³/mol. The highest BCUT2D eigenvalue weighted by Gasteiger charge is 2.24. The van der Waals surface area contributed by atoms with Crippen LogP contribution < -0.4 is 15.4 Å². The first-order chi connectivity index (χ1) is 8.72. The van der Waals surface area contributed by atoms with Crippen LogP contribution in [0.4, 0.5) is 5.69 Å². The minimum Gasteiger partial charge on any atom is -0.491 e. The van der Waals surface area contributed by atoms with Crippen molar-refractivity contribution >= 4 is 11.6 Å². The fourth-order valence-electron chi connectivity index (χ4n) is 2.22. The lowest BCUT2D eigenvalue weighted by atomic mass is 10.1. The van der Waals surface area contributed by atoms with E-state index in [-0.39, 0.29) is 11.9 Å². The Kier molecular flexibility index (Phi) is 4.20. The molecule has 0 radical (unpaired) electrons. The molecule has 1 unspecified atom stereocenters. The van der Waals surface area contributed by atoms with Crippen LogP contribution in [0.3, 0.4) is 0 Å². The third-order valence-corrected chi connectivity index (χ3v) is 3.11. The summed E-state index contributed by atoms with van der Waals surface area (Å²) >= 11 is 0. The van der Waals surface area contributed by atoms with Gasteiger partial charge in [-0.05, 0) is 18.6 Å². The normalized spacial score (nSPS) is 16.8. The van der Waals surface area contributed by atoms with Crippen molar-refractivity contribution < 1.29 is 9.53 Å². The molecule has 2 rings (SSSR count). The molecule has 1 aliphatic rings. The van der Waals surface area contributed by atoms with Gasteiger partial charge in [0.1, 0.15) is 5.75 Å². The number of rotatable bonds is 4. The predicted octanol–water partition coefficient (Wildman–Crippen LogP) is 1.93. The Hall–Kier alpha value is -1.55. The molecule has 0 aliphatic carbocycles. The molecule has 4 nitrogen and oxygen atoms in total. The van der Waals surface area contributed by atoms with E-state index in [2.05, 4.69) is 6.92 Å². The lowest BCUT2D eigenvalue weighted by molar-refractivity contribution is -0.118. The Labute approximate surface area is 108 Å². The van der Waals surface area contributed by atoms with Gasteiger partial charge in [0.25, 0.3) is 0 Å². The molecule has 0 bridgehead atoms. The van der Waals surface area contributed by atoms with Crippen LogP contribution in [0, 0.1) is 0 Å². The summed E-state index contributed by atoms with van der Waals surface area (Å²) in [5.74, 6) is 0.860. The van der Waals surface area contributed by atoms with Crippen molar-refractivity contribution in [1.82, 2.24) is 0 Å². The zero-order valence-electron chi connectivity index (χ0n) is 10.8. The van der Waals surface area contributed by atoms with E-state index in [0.29, 0.717) is 19.6 Å². The number of nitrogens with two attached hydrogens (primary N) is 1. The Balaban J connectivity index is 2.22. The Morgan fingerprint density at radius 3 is 3.00 bits per heavy atom. The summed E-state index contributed by atoms with van der Waals surface area (Å²) < 4.78 is 5.59. The number of carbonyl (C=O) groups is 1. The van der Waals surface area contributed by atoms with Gasteiger partial charge in [0, 0.05) is 12.6 Å². The van der Waals surface area contributed by atoms with Gasteiger partial charge in [-0.15, -0.1) is 0 Å². The van der Waals surface area contributed by atoms with E-state index in [4.69, 9.17) is 10.5 Å². The summed E-state index contributed by atoms with van der Waals surface area (Å²) in [4.78, 5) is 13.9. The molecule has 1 aromatic rings. The highest BCUT2D eigenvalue weighted by atomic mass is 16.5. The topological polar surface area (TPSA) is 55.6 Å². The minimum atomic E-state index is 0.0186. The van der Waals surface area contributed by atoms with Crippen LogP contribution in [0.15, 0.2) is 24.3 Å². The van der Waals surface area contributed by atoms with Crippen molar-refractivity contribution in [2.75, 3.05) is 18.1 Å². The smallest absolute Gasteiger partial charge is 0.230 e. The molecule has 2 N–H and O–H groups in total. The van der Waals surface area contributed by atoms with Gasteiger partial charge < -0.3 is 15.4 Å². The number of fused-ring (bicyclic) bond motifs is 1. The van der Waals surface area contributed by atoms with E-state index >= 15 is 0 Å². The van der Waals surface area contributed by atoms with Crippen LogP contribution in [-0.2, 0) is 4.79 Å². The van der Waals surface area contributed by atoms with Gasteiger partial charge in [-0.25, -0.2) is 0 Å². The molecule has 1 heterocycles. The number of hydrogen-bond acceptors (Lipinski definition) is 3. The van der Waals surface area contributed by atoms with Crippen LogP contribution in [0.5, 0.6) is 5.75 Å². The number of amides is 1. The van der Waals surface area contributed by atoms with Crippen LogP contribution in [0.25, 0.3) is 0 Å². The molecule has 0 saturated heterocycles. The molecule has 0 saturated carbocycles. The summed E-state index contributed by atoms with van der Waals surface area (Å²) in [6, 6.07) is 7.66. The molecule has 1 amide bonds. The molecule has 1 aromatic carbocycles. The minimum absolute atomic E-state index is 0.0186. The third kappa shape index (κ3) is 2.82. The van der Waals surface area contributed by atoms with Crippen molar-refractivity contribution in [1.29, 1.82) is 0 Å². The second kappa shape index (κ2) is 5.87. The fraction of sp³-hybridized carbons (Fsp3) is 0.500. The van der Waals surface area contributed by atoms with Crippen molar-refractivity contribution in [3.63, 3.8) is 0 Å². The first-order valence-electron chi connectivity index (χ1n) is 6.50. The van der Waals surface area contributed by atoms with Crippen molar-refractivity contribution in [2.24, 2.45) is 5.73 Å². The van der Waals surface area contributed by atoms with E-state index < -0.39 is 0 Å². The summed E-state index contributed by atoms with van der Waals surface area (Å²) in [6.45, 7) is 3.10. The Morgan fingerprint density at radius 1 is 1.44 bits per heavy atom. The van der Waals surface area contributed by atoms with Crippen LogP contribution >= 0.6 is 0 Å². The highest BCUT2D eigenvalue weighted by Crippen LogP contribution is 2.31. The van der Waals surface area contributed by atoms with Gasteiger partial charge in [-0.1, -0.05) is 25.5 Å². The standard InChI is InChI=1S/C14H20N2O2/c1-2-5-11(15)10-16-12-6-3-4-7-13(12)18-9-8-14(16)17/h3-4,6-7,11H,2,5,8-10,15H2,1H3. The summed E-state index contributed by atoms with van der Waals surface area (Å²) in [6.07, 6.45) is 2.36. The molecule has 18 heavy (non-hydrogen) atoms. The van der Waals surface area contributed by atoms with Gasteiger partial charge in [-0.2, -0.15) is 0 Å². The lowest BCUT2D eigenvalue weighted by Crippen LogP contribution is -2.41. The average Bonchev–Trinajstić information content (AvgIpc) is 2.51. The number of hydrogen-bond donors (Lipinski definition) is 1. The maximum atomic E-state index is 12.1. The number of ether oxygens (including phenoxy) is 1. The zero-order valence-corrected chi connectivity index (χ0v) is 10.8. The SMILES string of the molecule is CCCC(N)CN1C(=O)CCOc2ccccc21. The molecule has 0 aromatic heterocycles. The van der Waals surface area contributed by atoms with E-state index in [0.717, 1.165) is 24.3 Å². The fourth-order valence-corrected chi connectivity index (χ4v) is 2.22. The maximum absolute atomic E-state index is 12.1. The number of anilines is 1. The second-order valence-electron chi connectivity index (χ2n) is 4.62. The highest BCUT2D eigenvalue weighted by molar-refractivity contribution is 5.95. The molecule has 4 heteroatoms. The van der Waals surface area contributed by atoms with Gasteiger partial charge in [0.2, 0.25) is 5.91 Å². The maximum Gasteiger partial charge on any atom is 0.230 e. The molecular formula is C14H20N2O2. The Morgan fingerprint density at radius 2 is 2.22 bits per heavy atom. The van der Waals surface area contributed by atoms with E-state index in [1.807, 2.05) is 24.3 Å². The van der Waals surface area contributed by atoms with Crippen LogP contribution in [0.2, 0.25) is 0 Å². The molecular weight excluding hydrogens is 228 g/mol. The summed E-state index contributed by atoms with van der Waals surface area (Å²) in [5.41, 5.74) is 6.89. The summed E-state index contributed by atoms with van der Waals surface area (Å²) in [7, 11) is 0. The molecule has 1 atom stereocenters. The monoisotopic (exact) mass is 248 g/mol. The molecule has 98 valence electrons. The lowest BCUT2D eigenvalue weighted by Gasteiger charge is -2.25. The Bertz CT molecular complexity index is 420. The van der Waals surface area contributed by atoms with E-state index in [9.17, 15) is 4.79 Å². The van der Waals surface area contributed by atoms with E-state index in [1.54, 1.807) is 4.90 Å². The van der Waals surface area contributed by atoms with Gasteiger partial charge in [0.05, 0.1) is 18.7 Å². The molecule has 0 spiro atoms. The third-order valence-electron chi connectivity index (χ3n) is 3.11. The number of benzene rings is 1. The summed E-state index contributed by atoms with van der Waals surface area (Å²) in [5, 5.41) is 0. The number of para-hydroxylation sites is 2. The molecule has 1 aliphatic heterocycles. The number of carbonyl (C=O) groups excluding carboxylic acids is 1. The van der Waals surface area contributed by atoms with Crippen LogP contribution in [-0.4, -0.2) is 25.1 Å². The van der Waals surface area contributed by atoms with Crippen LogP contribution in [0.1, 0.15) is 26.2 Å². The quantitative estimate of drug-likeness (QED) is 0.885. The number of nitrogens with zero attached hydrogens (tertiary/aromatic N) is 1. The van der Waals surface area contributed by atoms with Crippen molar-refractivity contribution in [2.45, 2.75) is 32.2 Å². The van der Waals surface area contributed by atoms with Gasteiger partial charge in [-0.3, -0.25) is 4.79 Å². The average molecular weight is 248 g/mol. The zero-order chi connectivity index (χ0) is 13.0. The first-order valence-corrected chi connectivity index (χ1v) is 6.50.